The van der Waals surface area contributed by atoms with Crippen LogP contribution < -0.4 is 10.1 Å². The molecule has 26 heavy (non-hydrogen) atoms. The first-order valence-corrected chi connectivity index (χ1v) is 8.93. The molecule has 132 valence electrons. The summed E-state index contributed by atoms with van der Waals surface area (Å²) in [5, 5.41) is 15.6. The molecule has 1 aliphatic heterocycles. The molecule has 0 unspecified atom stereocenters. The van der Waals surface area contributed by atoms with E-state index in [1.165, 1.54) is 6.07 Å². The number of rotatable bonds is 3. The lowest BCUT2D eigenvalue weighted by atomic mass is 9.82. The molecule has 0 saturated carbocycles. The maximum absolute atomic E-state index is 12.3. The van der Waals surface area contributed by atoms with Crippen LogP contribution in [-0.2, 0) is 4.79 Å². The molecule has 0 spiro atoms. The van der Waals surface area contributed by atoms with Crippen molar-refractivity contribution in [2.45, 2.75) is 19.3 Å². The van der Waals surface area contributed by atoms with E-state index < -0.39 is 0 Å². The zero-order chi connectivity index (χ0) is 18.3. The monoisotopic (exact) mass is 367 g/mol. The Balaban J connectivity index is 1.95. The maximum Gasteiger partial charge on any atom is 0.225 e. The Morgan fingerprint density at radius 3 is 2.85 bits per heavy atom. The van der Waals surface area contributed by atoms with Crippen molar-refractivity contribution in [3.05, 3.63) is 64.7 Å². The summed E-state index contributed by atoms with van der Waals surface area (Å²) in [7, 11) is 0. The molecule has 1 amide bonds. The molecule has 3 aromatic carbocycles. The summed E-state index contributed by atoms with van der Waals surface area (Å²) in [6, 6.07) is 15.2. The van der Waals surface area contributed by atoms with Gasteiger partial charge in [0, 0.05) is 29.1 Å². The fourth-order valence-electron chi connectivity index (χ4n) is 3.63. The van der Waals surface area contributed by atoms with Gasteiger partial charge in [-0.25, -0.2) is 0 Å². The number of fused-ring (bicyclic) bond motifs is 3. The molecule has 4 rings (SSSR count). The first kappa shape index (κ1) is 16.7. The molecule has 4 nitrogen and oxygen atoms in total. The highest BCUT2D eigenvalue weighted by Gasteiger charge is 2.30. The lowest BCUT2D eigenvalue weighted by molar-refractivity contribution is -0.116. The fourth-order valence-corrected chi connectivity index (χ4v) is 3.92. The van der Waals surface area contributed by atoms with E-state index in [1.807, 2.05) is 37.3 Å². The minimum Gasteiger partial charge on any atom is -0.504 e. The lowest BCUT2D eigenvalue weighted by Crippen LogP contribution is -2.24. The van der Waals surface area contributed by atoms with Crippen molar-refractivity contribution in [1.82, 2.24) is 0 Å². The Labute approximate surface area is 156 Å². The van der Waals surface area contributed by atoms with Crippen LogP contribution in [0.25, 0.3) is 10.8 Å². The third-order valence-corrected chi connectivity index (χ3v) is 5.06. The summed E-state index contributed by atoms with van der Waals surface area (Å²) in [5.74, 6) is 0.107. The molecule has 1 heterocycles. The smallest absolute Gasteiger partial charge is 0.225 e. The Bertz CT molecular complexity index is 1020. The zero-order valence-corrected chi connectivity index (χ0v) is 15.0. The van der Waals surface area contributed by atoms with E-state index in [2.05, 4.69) is 11.4 Å². The predicted octanol–water partition coefficient (Wildman–Crippen LogP) is 5.07. The van der Waals surface area contributed by atoms with Gasteiger partial charge in [0.15, 0.2) is 11.5 Å². The molecule has 5 heteroatoms. The van der Waals surface area contributed by atoms with Gasteiger partial charge in [-0.2, -0.15) is 0 Å². The Hall–Kier alpha value is -2.72. The number of anilines is 1. The van der Waals surface area contributed by atoms with E-state index in [0.717, 1.165) is 27.6 Å². The number of ether oxygens (including phenoxy) is 1. The van der Waals surface area contributed by atoms with Crippen LogP contribution in [0, 0.1) is 0 Å². The van der Waals surface area contributed by atoms with Crippen LogP contribution in [-0.4, -0.2) is 17.6 Å². The molecule has 0 aromatic heterocycles. The minimum atomic E-state index is -0.211. The highest BCUT2D eigenvalue weighted by atomic mass is 35.5. The van der Waals surface area contributed by atoms with Crippen LogP contribution in [0.1, 0.15) is 30.4 Å². The molecule has 0 fully saturated rings. The van der Waals surface area contributed by atoms with E-state index in [9.17, 15) is 9.90 Å². The highest BCUT2D eigenvalue weighted by molar-refractivity contribution is 6.31. The summed E-state index contributed by atoms with van der Waals surface area (Å²) >= 11 is 6.45. The number of benzene rings is 3. The van der Waals surface area contributed by atoms with Crippen LogP contribution in [0.2, 0.25) is 5.02 Å². The molecule has 1 aliphatic rings. The van der Waals surface area contributed by atoms with E-state index >= 15 is 0 Å². The summed E-state index contributed by atoms with van der Waals surface area (Å²) in [6.45, 7) is 2.28. The van der Waals surface area contributed by atoms with E-state index in [1.54, 1.807) is 6.07 Å². The predicted molar refractivity (Wildman–Crippen MR) is 103 cm³/mol. The SMILES string of the molecule is CCOc1cc([C@H]2CC(=O)Nc3ccc4ccccc4c32)c(Cl)cc1O. The van der Waals surface area contributed by atoms with Crippen LogP contribution in [0.4, 0.5) is 5.69 Å². The van der Waals surface area contributed by atoms with E-state index in [4.69, 9.17) is 16.3 Å². The van der Waals surface area contributed by atoms with Crippen LogP contribution in [0.15, 0.2) is 48.5 Å². The van der Waals surface area contributed by atoms with E-state index in [-0.39, 0.29) is 24.0 Å². The number of phenolic OH excluding ortho intramolecular Hbond substituents is 1. The third-order valence-electron chi connectivity index (χ3n) is 4.74. The molecule has 0 bridgehead atoms. The van der Waals surface area contributed by atoms with Gasteiger partial charge in [-0.15, -0.1) is 0 Å². The number of halogens is 1. The van der Waals surface area contributed by atoms with Crippen molar-refractivity contribution in [2.75, 3.05) is 11.9 Å². The topological polar surface area (TPSA) is 58.6 Å². The van der Waals surface area contributed by atoms with Gasteiger partial charge >= 0.3 is 0 Å². The zero-order valence-electron chi connectivity index (χ0n) is 14.3. The van der Waals surface area contributed by atoms with Crippen LogP contribution >= 0.6 is 11.6 Å². The minimum absolute atomic E-state index is 0.000922. The van der Waals surface area contributed by atoms with Crippen molar-refractivity contribution in [1.29, 1.82) is 0 Å². The number of aromatic hydroxyl groups is 1. The molecular weight excluding hydrogens is 350 g/mol. The van der Waals surface area contributed by atoms with Crippen LogP contribution in [0.5, 0.6) is 11.5 Å². The van der Waals surface area contributed by atoms with Crippen molar-refractivity contribution in [3.8, 4) is 11.5 Å². The normalized spacial score (nSPS) is 16.2. The standard InChI is InChI=1S/C21H18ClNO3/c1-2-26-19-9-14(16(22)11-18(19)24)15-10-20(25)23-17-8-7-12-5-3-4-6-13(12)21(15)17/h3-9,11,15,24H,2,10H2,1H3,(H,23,25)/t15-/m1/s1. The lowest BCUT2D eigenvalue weighted by Gasteiger charge is -2.28. The van der Waals surface area contributed by atoms with Gasteiger partial charge in [-0.05, 0) is 41.0 Å². The number of amides is 1. The molecule has 0 radical (unpaired) electrons. The average molecular weight is 368 g/mol. The molecular formula is C21H18ClNO3. The van der Waals surface area contributed by atoms with E-state index in [0.29, 0.717) is 17.4 Å². The van der Waals surface area contributed by atoms with Crippen molar-refractivity contribution < 1.29 is 14.6 Å². The third kappa shape index (κ3) is 2.76. The van der Waals surface area contributed by atoms with Gasteiger partial charge < -0.3 is 15.2 Å². The summed E-state index contributed by atoms with van der Waals surface area (Å²) in [4.78, 5) is 12.3. The fraction of sp³-hybridized carbons (Fsp3) is 0.190. The molecule has 3 aromatic rings. The second kappa shape index (κ2) is 6.54. The van der Waals surface area contributed by atoms with Crippen molar-refractivity contribution in [3.63, 3.8) is 0 Å². The van der Waals surface area contributed by atoms with Gasteiger partial charge in [-0.1, -0.05) is 41.9 Å². The van der Waals surface area contributed by atoms with Crippen molar-refractivity contribution >= 4 is 34.0 Å². The number of nitrogens with one attached hydrogen (secondary N) is 1. The maximum atomic E-state index is 12.3. The molecule has 2 N–H and O–H groups in total. The molecule has 0 saturated heterocycles. The second-order valence-corrected chi connectivity index (χ2v) is 6.73. The van der Waals surface area contributed by atoms with Gasteiger partial charge in [0.2, 0.25) is 5.91 Å². The quantitative estimate of drug-likeness (QED) is 0.679. The Morgan fingerprint density at radius 2 is 2.04 bits per heavy atom. The average Bonchev–Trinajstić information content (AvgIpc) is 2.63. The number of phenols is 1. The number of carbonyl (C=O) groups excluding carboxylic acids is 1. The summed E-state index contributed by atoms with van der Waals surface area (Å²) in [6.07, 6.45) is 0.289. The number of hydrogen-bond acceptors (Lipinski definition) is 3. The molecule has 0 aliphatic carbocycles. The molecule has 1 atom stereocenters. The van der Waals surface area contributed by atoms with Gasteiger partial charge in [0.05, 0.1) is 6.61 Å². The van der Waals surface area contributed by atoms with Crippen molar-refractivity contribution in [2.24, 2.45) is 0 Å². The Kier molecular flexibility index (Phi) is 4.21. The highest BCUT2D eigenvalue weighted by Crippen LogP contribution is 2.45. The number of hydrogen-bond donors (Lipinski definition) is 2. The summed E-state index contributed by atoms with van der Waals surface area (Å²) < 4.78 is 5.52. The summed E-state index contributed by atoms with van der Waals surface area (Å²) in [5.41, 5.74) is 2.62. The van der Waals surface area contributed by atoms with Crippen LogP contribution in [0.3, 0.4) is 0 Å². The Morgan fingerprint density at radius 1 is 1.23 bits per heavy atom. The first-order valence-electron chi connectivity index (χ1n) is 8.55. The largest absolute Gasteiger partial charge is 0.504 e. The van der Waals surface area contributed by atoms with Gasteiger partial charge in [0.25, 0.3) is 0 Å². The first-order chi connectivity index (χ1) is 12.6. The number of carbonyl (C=O) groups is 1. The van der Waals surface area contributed by atoms with Gasteiger partial charge in [-0.3, -0.25) is 4.79 Å². The van der Waals surface area contributed by atoms with Gasteiger partial charge in [0.1, 0.15) is 0 Å². The second-order valence-electron chi connectivity index (χ2n) is 6.33.